The highest BCUT2D eigenvalue weighted by Crippen LogP contribution is 2.38. The van der Waals surface area contributed by atoms with Crippen LogP contribution in [-0.4, -0.2) is 0 Å². The lowest BCUT2D eigenvalue weighted by Gasteiger charge is -2.28. The van der Waals surface area contributed by atoms with E-state index in [2.05, 4.69) is 30.8 Å². The summed E-state index contributed by atoms with van der Waals surface area (Å²) >= 11 is 0. The Hall–Kier alpha value is -2.74. The zero-order chi connectivity index (χ0) is 23.2. The third-order valence-electron chi connectivity index (χ3n) is 7.22. The van der Waals surface area contributed by atoms with Gasteiger partial charge in [-0.2, -0.15) is 0 Å². The van der Waals surface area contributed by atoms with Crippen LogP contribution < -0.4 is 0 Å². The average molecular weight is 445 g/mol. The molecule has 0 radical (unpaired) electrons. The van der Waals surface area contributed by atoms with Gasteiger partial charge in [0.15, 0.2) is 11.6 Å². The van der Waals surface area contributed by atoms with E-state index < -0.39 is 11.6 Å². The Morgan fingerprint density at radius 2 is 1.39 bits per heavy atom. The van der Waals surface area contributed by atoms with Gasteiger partial charge >= 0.3 is 0 Å². The van der Waals surface area contributed by atoms with Crippen LogP contribution in [0.1, 0.15) is 68.9 Å². The predicted octanol–water partition coefficient (Wildman–Crippen LogP) is 9.49. The fourth-order valence-corrected chi connectivity index (χ4v) is 5.20. The Labute approximate surface area is 197 Å². The van der Waals surface area contributed by atoms with E-state index in [1.807, 2.05) is 37.3 Å². The van der Waals surface area contributed by atoms with Gasteiger partial charge in [0.05, 0.1) is 0 Å². The van der Waals surface area contributed by atoms with Crippen LogP contribution in [-0.2, 0) is 6.42 Å². The molecule has 33 heavy (non-hydrogen) atoms. The Kier molecular flexibility index (Phi) is 7.75. The van der Waals surface area contributed by atoms with Gasteiger partial charge in [0, 0.05) is 5.56 Å². The smallest absolute Gasteiger partial charge is 0.166 e. The first-order chi connectivity index (χ1) is 16.1. The van der Waals surface area contributed by atoms with Gasteiger partial charge in [-0.25, -0.2) is 8.78 Å². The van der Waals surface area contributed by atoms with Crippen LogP contribution >= 0.6 is 0 Å². The van der Waals surface area contributed by atoms with Gasteiger partial charge in [-0.15, -0.1) is 6.58 Å². The quantitative estimate of drug-likeness (QED) is 0.303. The van der Waals surface area contributed by atoms with E-state index in [1.165, 1.54) is 37.7 Å². The van der Waals surface area contributed by atoms with Gasteiger partial charge in [-0.05, 0) is 84.6 Å². The summed E-state index contributed by atoms with van der Waals surface area (Å²) in [6, 6.07) is 20.0. The Morgan fingerprint density at radius 3 is 2.00 bits per heavy atom. The van der Waals surface area contributed by atoms with E-state index >= 15 is 0 Å². The van der Waals surface area contributed by atoms with Gasteiger partial charge < -0.3 is 0 Å². The molecule has 0 unspecified atom stereocenters. The van der Waals surface area contributed by atoms with E-state index in [0.29, 0.717) is 29.0 Å². The van der Waals surface area contributed by atoms with E-state index in [-0.39, 0.29) is 0 Å². The van der Waals surface area contributed by atoms with Gasteiger partial charge in [0.1, 0.15) is 0 Å². The number of benzene rings is 3. The lowest BCUT2D eigenvalue weighted by Crippen LogP contribution is -2.13. The second kappa shape index (κ2) is 10.9. The minimum Gasteiger partial charge on any atom is -0.203 e. The molecule has 0 amide bonds. The standard InChI is InChI=1S/C31H34F2/c1-3-5-7-22-8-10-23(11-9-22)24-12-14-25(15-13-24)26-16-18-27(19-17-26)29-21-20-28(6-4-2)30(32)31(29)33/h3,12-23H,1,4-11H2,2H3. The zero-order valence-corrected chi connectivity index (χ0v) is 19.6. The molecule has 0 heterocycles. The molecule has 0 bridgehead atoms. The number of allylic oxidation sites excluding steroid dienone is 1. The van der Waals surface area contributed by atoms with Crippen molar-refractivity contribution in [2.24, 2.45) is 5.92 Å². The number of hydrogen-bond acceptors (Lipinski definition) is 0. The Balaban J connectivity index is 1.44. The molecule has 172 valence electrons. The molecule has 1 aliphatic rings. The molecule has 3 aromatic rings. The third kappa shape index (κ3) is 5.43. The van der Waals surface area contributed by atoms with Crippen LogP contribution in [0.25, 0.3) is 22.3 Å². The normalized spacial score (nSPS) is 18.3. The molecule has 0 spiro atoms. The molecule has 3 aromatic carbocycles. The monoisotopic (exact) mass is 444 g/mol. The Morgan fingerprint density at radius 1 is 0.788 bits per heavy atom. The van der Waals surface area contributed by atoms with Gasteiger partial charge in [0.25, 0.3) is 0 Å². The van der Waals surface area contributed by atoms with Crippen molar-refractivity contribution < 1.29 is 8.78 Å². The molecule has 1 fully saturated rings. The number of hydrogen-bond donors (Lipinski definition) is 0. The summed E-state index contributed by atoms with van der Waals surface area (Å²) in [6.45, 7) is 5.81. The molecule has 0 atom stereocenters. The zero-order valence-electron chi connectivity index (χ0n) is 19.6. The maximum atomic E-state index is 14.6. The van der Waals surface area contributed by atoms with Crippen LogP contribution in [0, 0.1) is 17.6 Å². The maximum absolute atomic E-state index is 14.6. The van der Waals surface area contributed by atoms with Crippen LogP contribution in [0.5, 0.6) is 0 Å². The van der Waals surface area contributed by atoms with Crippen LogP contribution in [0.4, 0.5) is 8.78 Å². The SMILES string of the molecule is C=CCCC1CCC(c2ccc(-c3ccc(-c4ccc(CCC)c(F)c4F)cc3)cc2)CC1. The fraction of sp³-hybridized carbons (Fsp3) is 0.355. The largest absolute Gasteiger partial charge is 0.203 e. The molecule has 2 heteroatoms. The lowest BCUT2D eigenvalue weighted by atomic mass is 9.77. The van der Waals surface area contributed by atoms with E-state index in [1.54, 1.807) is 12.1 Å². The highest BCUT2D eigenvalue weighted by atomic mass is 19.2. The Bertz CT molecular complexity index is 1060. The summed E-state index contributed by atoms with van der Waals surface area (Å²) in [5.41, 5.74) is 5.13. The minimum absolute atomic E-state index is 0.318. The van der Waals surface area contributed by atoms with Gasteiger partial charge in [-0.1, -0.05) is 80.1 Å². The van der Waals surface area contributed by atoms with Crippen molar-refractivity contribution in [2.75, 3.05) is 0 Å². The minimum atomic E-state index is -0.753. The fourth-order valence-electron chi connectivity index (χ4n) is 5.20. The van der Waals surface area contributed by atoms with Crippen molar-refractivity contribution >= 4 is 0 Å². The van der Waals surface area contributed by atoms with E-state index in [9.17, 15) is 8.78 Å². The van der Waals surface area contributed by atoms with Crippen molar-refractivity contribution in [1.82, 2.24) is 0 Å². The molecule has 0 aromatic heterocycles. The maximum Gasteiger partial charge on any atom is 0.166 e. The predicted molar refractivity (Wildman–Crippen MR) is 135 cm³/mol. The first-order valence-electron chi connectivity index (χ1n) is 12.4. The first kappa shape index (κ1) is 23.4. The van der Waals surface area contributed by atoms with Crippen molar-refractivity contribution in [2.45, 2.75) is 64.2 Å². The van der Waals surface area contributed by atoms with Crippen LogP contribution in [0.2, 0.25) is 0 Å². The van der Waals surface area contributed by atoms with Crippen molar-refractivity contribution in [3.05, 3.63) is 96.1 Å². The third-order valence-corrected chi connectivity index (χ3v) is 7.22. The summed E-state index contributed by atoms with van der Waals surface area (Å²) < 4.78 is 29.0. The lowest BCUT2D eigenvalue weighted by molar-refractivity contribution is 0.312. The summed E-state index contributed by atoms with van der Waals surface area (Å²) in [6.07, 6.45) is 11.0. The van der Waals surface area contributed by atoms with Crippen molar-refractivity contribution in [1.29, 1.82) is 0 Å². The van der Waals surface area contributed by atoms with Crippen LogP contribution in [0.3, 0.4) is 0 Å². The van der Waals surface area contributed by atoms with Crippen LogP contribution in [0.15, 0.2) is 73.3 Å². The number of rotatable bonds is 8. The molecule has 4 rings (SSSR count). The molecule has 0 N–H and O–H groups in total. The number of aryl methyl sites for hydroxylation is 1. The van der Waals surface area contributed by atoms with Gasteiger partial charge in [0.2, 0.25) is 0 Å². The molecule has 1 saturated carbocycles. The highest BCUT2D eigenvalue weighted by Gasteiger charge is 2.22. The van der Waals surface area contributed by atoms with Gasteiger partial charge in [-0.3, -0.25) is 0 Å². The van der Waals surface area contributed by atoms with Crippen molar-refractivity contribution in [3.8, 4) is 22.3 Å². The molecular formula is C31H34F2. The second-order valence-corrected chi connectivity index (χ2v) is 9.43. The molecule has 0 nitrogen and oxygen atoms in total. The molecule has 1 aliphatic carbocycles. The van der Waals surface area contributed by atoms with E-state index in [0.717, 1.165) is 29.9 Å². The summed E-state index contributed by atoms with van der Waals surface area (Å²) in [5, 5.41) is 0. The highest BCUT2D eigenvalue weighted by molar-refractivity contribution is 5.71. The summed E-state index contributed by atoms with van der Waals surface area (Å²) in [5.74, 6) is 0.0502. The molecular weight excluding hydrogens is 410 g/mol. The topological polar surface area (TPSA) is 0 Å². The summed E-state index contributed by atoms with van der Waals surface area (Å²) in [4.78, 5) is 0. The average Bonchev–Trinajstić information content (AvgIpc) is 2.86. The summed E-state index contributed by atoms with van der Waals surface area (Å²) in [7, 11) is 0. The van der Waals surface area contributed by atoms with Crippen molar-refractivity contribution in [3.63, 3.8) is 0 Å². The molecule has 0 aliphatic heterocycles. The second-order valence-electron chi connectivity index (χ2n) is 9.43. The molecule has 0 saturated heterocycles. The first-order valence-corrected chi connectivity index (χ1v) is 12.4. The number of halogens is 2. The van der Waals surface area contributed by atoms with E-state index in [4.69, 9.17) is 0 Å².